The molecule has 0 bridgehead atoms. The molecule has 2 heteroatoms. The predicted molar refractivity (Wildman–Crippen MR) is 65.2 cm³/mol. The van der Waals surface area contributed by atoms with Crippen molar-refractivity contribution < 1.29 is 4.74 Å². The third-order valence-electron chi connectivity index (χ3n) is 2.96. The van der Waals surface area contributed by atoms with Gasteiger partial charge in [0.15, 0.2) is 0 Å². The van der Waals surface area contributed by atoms with E-state index in [0.29, 0.717) is 0 Å². The van der Waals surface area contributed by atoms with Crippen molar-refractivity contribution in [3.05, 3.63) is 34.9 Å². The zero-order chi connectivity index (χ0) is 11.4. The van der Waals surface area contributed by atoms with Gasteiger partial charge in [-0.1, -0.05) is 18.1 Å². The van der Waals surface area contributed by atoms with Gasteiger partial charge in [-0.15, -0.1) is 6.42 Å². The molecule has 0 saturated carbocycles. The Morgan fingerprint density at radius 1 is 1.38 bits per heavy atom. The molecule has 2 nitrogen and oxygen atoms in total. The highest BCUT2D eigenvalue weighted by Gasteiger charge is 2.10. The zero-order valence-corrected chi connectivity index (χ0v) is 9.70. The van der Waals surface area contributed by atoms with E-state index in [0.717, 1.165) is 38.4 Å². The van der Waals surface area contributed by atoms with Gasteiger partial charge in [0, 0.05) is 25.2 Å². The van der Waals surface area contributed by atoms with E-state index < -0.39 is 0 Å². The first-order valence-electron chi connectivity index (χ1n) is 5.66. The van der Waals surface area contributed by atoms with Gasteiger partial charge in [0.1, 0.15) is 0 Å². The molecule has 0 aromatic heterocycles. The molecule has 0 radical (unpaired) electrons. The number of nitrogens with zero attached hydrogens (tertiary/aromatic N) is 1. The number of hydrogen-bond acceptors (Lipinski definition) is 2. The number of rotatable bonds is 2. The quantitative estimate of drug-likeness (QED) is 0.698. The smallest absolute Gasteiger partial charge is 0.0594 e. The van der Waals surface area contributed by atoms with Crippen LogP contribution < -0.4 is 0 Å². The highest BCUT2D eigenvalue weighted by Crippen LogP contribution is 2.12. The molecule has 1 aromatic carbocycles. The van der Waals surface area contributed by atoms with Crippen LogP contribution in [0.2, 0.25) is 0 Å². The largest absolute Gasteiger partial charge is 0.379 e. The summed E-state index contributed by atoms with van der Waals surface area (Å²) in [5, 5.41) is 0. The Bertz CT molecular complexity index is 400. The lowest BCUT2D eigenvalue weighted by Gasteiger charge is -2.26. The normalized spacial score (nSPS) is 17.0. The van der Waals surface area contributed by atoms with Gasteiger partial charge in [-0.3, -0.25) is 4.90 Å². The molecular formula is C14H17NO. The number of hydrogen-bond donors (Lipinski definition) is 0. The fourth-order valence-electron chi connectivity index (χ4n) is 2.00. The topological polar surface area (TPSA) is 12.5 Å². The fourth-order valence-corrected chi connectivity index (χ4v) is 2.00. The van der Waals surface area contributed by atoms with Crippen LogP contribution in [0.25, 0.3) is 0 Å². The SMILES string of the molecule is C#Cc1ccc(CN2CCOCC2)cc1C. The average molecular weight is 215 g/mol. The van der Waals surface area contributed by atoms with Crippen molar-refractivity contribution in [2.24, 2.45) is 0 Å². The van der Waals surface area contributed by atoms with E-state index in [1.165, 1.54) is 11.1 Å². The van der Waals surface area contributed by atoms with Crippen molar-refractivity contribution in [1.29, 1.82) is 0 Å². The molecule has 1 aromatic rings. The molecule has 1 heterocycles. The summed E-state index contributed by atoms with van der Waals surface area (Å²) in [6.45, 7) is 6.81. The van der Waals surface area contributed by atoms with Crippen LogP contribution in [-0.4, -0.2) is 31.2 Å². The van der Waals surface area contributed by atoms with E-state index in [4.69, 9.17) is 11.2 Å². The van der Waals surface area contributed by atoms with Crippen LogP contribution in [0.1, 0.15) is 16.7 Å². The molecule has 1 fully saturated rings. The van der Waals surface area contributed by atoms with Gasteiger partial charge in [-0.25, -0.2) is 0 Å². The Balaban J connectivity index is 2.04. The summed E-state index contributed by atoms with van der Waals surface area (Å²) in [6.07, 6.45) is 5.41. The minimum absolute atomic E-state index is 0.849. The van der Waals surface area contributed by atoms with Crippen molar-refractivity contribution in [2.75, 3.05) is 26.3 Å². The summed E-state index contributed by atoms with van der Waals surface area (Å²) in [7, 11) is 0. The van der Waals surface area contributed by atoms with Gasteiger partial charge >= 0.3 is 0 Å². The van der Waals surface area contributed by atoms with Crippen molar-refractivity contribution in [1.82, 2.24) is 4.90 Å². The molecule has 1 aliphatic rings. The van der Waals surface area contributed by atoms with Gasteiger partial charge in [0.05, 0.1) is 13.2 Å². The predicted octanol–water partition coefficient (Wildman–Crippen LogP) is 1.81. The number of aryl methyl sites for hydroxylation is 1. The second kappa shape index (κ2) is 5.16. The van der Waals surface area contributed by atoms with Crippen LogP contribution in [0.15, 0.2) is 18.2 Å². The van der Waals surface area contributed by atoms with Gasteiger partial charge in [0.25, 0.3) is 0 Å². The molecule has 2 rings (SSSR count). The lowest BCUT2D eigenvalue weighted by Crippen LogP contribution is -2.35. The molecule has 0 spiro atoms. The second-order valence-electron chi connectivity index (χ2n) is 4.18. The van der Waals surface area contributed by atoms with Gasteiger partial charge in [0.2, 0.25) is 0 Å². The van der Waals surface area contributed by atoms with E-state index in [-0.39, 0.29) is 0 Å². The average Bonchev–Trinajstić information content (AvgIpc) is 2.31. The third-order valence-corrected chi connectivity index (χ3v) is 2.96. The van der Waals surface area contributed by atoms with Crippen LogP contribution in [0.3, 0.4) is 0 Å². The minimum Gasteiger partial charge on any atom is -0.379 e. The van der Waals surface area contributed by atoms with E-state index in [9.17, 15) is 0 Å². The van der Waals surface area contributed by atoms with Crippen molar-refractivity contribution >= 4 is 0 Å². The maximum absolute atomic E-state index is 5.41. The van der Waals surface area contributed by atoms with Crippen LogP contribution >= 0.6 is 0 Å². The molecule has 0 N–H and O–H groups in total. The summed E-state index contributed by atoms with van der Waals surface area (Å²) < 4.78 is 5.33. The molecule has 0 amide bonds. The van der Waals surface area contributed by atoms with Gasteiger partial charge < -0.3 is 4.74 Å². The fraction of sp³-hybridized carbons (Fsp3) is 0.429. The molecule has 1 saturated heterocycles. The number of ether oxygens (including phenoxy) is 1. The molecule has 0 unspecified atom stereocenters. The molecular weight excluding hydrogens is 198 g/mol. The number of morpholine rings is 1. The van der Waals surface area contributed by atoms with Crippen LogP contribution in [0.4, 0.5) is 0 Å². The highest BCUT2D eigenvalue weighted by atomic mass is 16.5. The minimum atomic E-state index is 0.849. The summed E-state index contributed by atoms with van der Waals surface area (Å²) in [4.78, 5) is 2.41. The van der Waals surface area contributed by atoms with Crippen molar-refractivity contribution in [2.45, 2.75) is 13.5 Å². The number of benzene rings is 1. The first-order valence-corrected chi connectivity index (χ1v) is 5.66. The summed E-state index contributed by atoms with van der Waals surface area (Å²) in [5.74, 6) is 2.69. The molecule has 0 atom stereocenters. The summed E-state index contributed by atoms with van der Waals surface area (Å²) in [6, 6.07) is 6.34. The Morgan fingerprint density at radius 2 is 2.12 bits per heavy atom. The maximum atomic E-state index is 5.41. The molecule has 16 heavy (non-hydrogen) atoms. The second-order valence-corrected chi connectivity index (χ2v) is 4.18. The summed E-state index contributed by atoms with van der Waals surface area (Å²) in [5.41, 5.74) is 3.51. The summed E-state index contributed by atoms with van der Waals surface area (Å²) >= 11 is 0. The van der Waals surface area contributed by atoms with Gasteiger partial charge in [-0.2, -0.15) is 0 Å². The Morgan fingerprint density at radius 3 is 2.75 bits per heavy atom. The van der Waals surface area contributed by atoms with Crippen molar-refractivity contribution in [3.63, 3.8) is 0 Å². The van der Waals surface area contributed by atoms with E-state index in [1.54, 1.807) is 0 Å². The Kier molecular flexibility index (Phi) is 3.61. The van der Waals surface area contributed by atoms with E-state index >= 15 is 0 Å². The number of terminal acetylenes is 1. The lowest BCUT2D eigenvalue weighted by atomic mass is 10.1. The van der Waals surface area contributed by atoms with E-state index in [1.807, 2.05) is 6.07 Å². The molecule has 0 aliphatic carbocycles. The van der Waals surface area contributed by atoms with E-state index in [2.05, 4.69) is 29.9 Å². The van der Waals surface area contributed by atoms with Crippen LogP contribution in [0.5, 0.6) is 0 Å². The van der Waals surface area contributed by atoms with Gasteiger partial charge in [-0.05, 0) is 24.1 Å². The maximum Gasteiger partial charge on any atom is 0.0594 e. The highest BCUT2D eigenvalue weighted by molar-refractivity contribution is 5.41. The lowest BCUT2D eigenvalue weighted by molar-refractivity contribution is 0.0342. The van der Waals surface area contributed by atoms with Crippen LogP contribution in [-0.2, 0) is 11.3 Å². The van der Waals surface area contributed by atoms with Crippen molar-refractivity contribution in [3.8, 4) is 12.3 Å². The Hall–Kier alpha value is -1.30. The third kappa shape index (κ3) is 2.63. The standard InChI is InChI=1S/C14H17NO/c1-3-14-5-4-13(10-12(14)2)11-15-6-8-16-9-7-15/h1,4-5,10H,6-9,11H2,2H3. The molecule has 1 aliphatic heterocycles. The van der Waals surface area contributed by atoms with Crippen LogP contribution in [0, 0.1) is 19.3 Å². The first kappa shape index (κ1) is 11.2. The molecule has 84 valence electrons. The first-order chi connectivity index (χ1) is 7.79. The Labute approximate surface area is 97.2 Å². The zero-order valence-electron chi connectivity index (χ0n) is 9.70. The monoisotopic (exact) mass is 215 g/mol.